The molecule has 1 N–H and O–H groups in total. The Bertz CT molecular complexity index is 1820. The highest BCUT2D eigenvalue weighted by atomic mass is 19.1. The zero-order chi connectivity index (χ0) is 31.3. The minimum absolute atomic E-state index is 0.0104. The van der Waals surface area contributed by atoms with Crippen molar-refractivity contribution in [3.05, 3.63) is 107 Å². The highest BCUT2D eigenvalue weighted by molar-refractivity contribution is 6.12. The molecule has 232 valence electrons. The van der Waals surface area contributed by atoms with Gasteiger partial charge in [-0.15, -0.1) is 0 Å². The predicted molar refractivity (Wildman–Crippen MR) is 168 cm³/mol. The minimum atomic E-state index is -0.603. The molecule has 1 saturated heterocycles. The number of fused-ring (bicyclic) bond motifs is 1. The third-order valence-corrected chi connectivity index (χ3v) is 7.81. The van der Waals surface area contributed by atoms with Crippen molar-refractivity contribution < 1.29 is 28.2 Å². The molecule has 1 fully saturated rings. The fourth-order valence-corrected chi connectivity index (χ4v) is 5.44. The van der Waals surface area contributed by atoms with E-state index in [1.54, 1.807) is 72.0 Å². The first-order valence-corrected chi connectivity index (χ1v) is 15.1. The SMILES string of the molecule is CCC(=O)c1cc(C(=O)Nc2cc(COC3CCCCO3)cc(-c3cnn(C)c3)c2F)c2cc(OCc3ccccc3)ccn12. The molecule has 3 aromatic heterocycles. The van der Waals surface area contributed by atoms with Crippen LogP contribution in [0.15, 0.2) is 79.3 Å². The number of rotatable bonds is 11. The molecule has 1 atom stereocenters. The molecule has 0 bridgehead atoms. The van der Waals surface area contributed by atoms with Gasteiger partial charge in [0.1, 0.15) is 12.4 Å². The highest BCUT2D eigenvalue weighted by Crippen LogP contribution is 2.32. The van der Waals surface area contributed by atoms with E-state index in [4.69, 9.17) is 14.2 Å². The smallest absolute Gasteiger partial charge is 0.257 e. The van der Waals surface area contributed by atoms with Gasteiger partial charge in [-0.3, -0.25) is 14.3 Å². The van der Waals surface area contributed by atoms with Crippen molar-refractivity contribution in [1.29, 1.82) is 0 Å². The molecule has 0 radical (unpaired) electrons. The molecule has 1 unspecified atom stereocenters. The number of aryl methyl sites for hydroxylation is 1. The molecule has 4 heterocycles. The Balaban J connectivity index is 1.33. The van der Waals surface area contributed by atoms with Crippen molar-refractivity contribution >= 4 is 22.9 Å². The van der Waals surface area contributed by atoms with Crippen molar-refractivity contribution in [2.75, 3.05) is 11.9 Å². The van der Waals surface area contributed by atoms with E-state index >= 15 is 4.39 Å². The molecule has 45 heavy (non-hydrogen) atoms. The maximum atomic E-state index is 16.0. The van der Waals surface area contributed by atoms with E-state index < -0.39 is 11.7 Å². The average Bonchev–Trinajstić information content (AvgIpc) is 3.68. The summed E-state index contributed by atoms with van der Waals surface area (Å²) in [5, 5.41) is 6.96. The third kappa shape index (κ3) is 6.82. The van der Waals surface area contributed by atoms with Gasteiger partial charge in [-0.05, 0) is 54.7 Å². The minimum Gasteiger partial charge on any atom is -0.489 e. The topological polar surface area (TPSA) is 96.1 Å². The van der Waals surface area contributed by atoms with E-state index in [9.17, 15) is 9.59 Å². The van der Waals surface area contributed by atoms with Gasteiger partial charge in [0.15, 0.2) is 17.9 Å². The lowest BCUT2D eigenvalue weighted by atomic mass is 10.0. The molecule has 6 rings (SSSR count). The van der Waals surface area contributed by atoms with Crippen LogP contribution in [0.3, 0.4) is 0 Å². The second kappa shape index (κ2) is 13.5. The summed E-state index contributed by atoms with van der Waals surface area (Å²) in [6.45, 7) is 2.92. The summed E-state index contributed by atoms with van der Waals surface area (Å²) in [5.74, 6) is -0.763. The van der Waals surface area contributed by atoms with Gasteiger partial charge >= 0.3 is 0 Å². The highest BCUT2D eigenvalue weighted by Gasteiger charge is 2.23. The van der Waals surface area contributed by atoms with Crippen LogP contribution < -0.4 is 10.1 Å². The van der Waals surface area contributed by atoms with Gasteiger partial charge in [0.05, 0.1) is 35.3 Å². The maximum absolute atomic E-state index is 16.0. The normalized spacial score (nSPS) is 14.9. The number of pyridine rings is 1. The second-order valence-corrected chi connectivity index (χ2v) is 11.1. The van der Waals surface area contributed by atoms with Crippen molar-refractivity contribution in [2.45, 2.75) is 52.1 Å². The van der Waals surface area contributed by atoms with Gasteiger partial charge in [-0.25, -0.2) is 4.39 Å². The van der Waals surface area contributed by atoms with Crippen molar-refractivity contribution in [1.82, 2.24) is 14.2 Å². The number of amides is 1. The molecule has 1 amide bonds. The van der Waals surface area contributed by atoms with Crippen LogP contribution in [0, 0.1) is 5.82 Å². The van der Waals surface area contributed by atoms with Crippen LogP contribution in [0.4, 0.5) is 10.1 Å². The number of nitrogens with zero attached hydrogens (tertiary/aromatic N) is 3. The van der Waals surface area contributed by atoms with E-state index in [1.807, 2.05) is 30.3 Å². The number of carbonyl (C=O) groups is 2. The molecule has 5 aromatic rings. The molecule has 1 aliphatic heterocycles. The molecular formula is C35H35FN4O5. The summed E-state index contributed by atoms with van der Waals surface area (Å²) in [5.41, 5.74) is 3.54. The fourth-order valence-electron chi connectivity index (χ4n) is 5.44. The van der Waals surface area contributed by atoms with Crippen LogP contribution in [0.1, 0.15) is 64.6 Å². The lowest BCUT2D eigenvalue weighted by molar-refractivity contribution is -0.168. The van der Waals surface area contributed by atoms with E-state index in [-0.39, 0.29) is 41.9 Å². The number of halogens is 1. The van der Waals surface area contributed by atoms with Gasteiger partial charge in [0, 0.05) is 49.7 Å². The fraction of sp³-hybridized carbons (Fsp3) is 0.286. The average molecular weight is 611 g/mol. The quantitative estimate of drug-likeness (QED) is 0.163. The lowest BCUT2D eigenvalue weighted by Crippen LogP contribution is -2.22. The monoisotopic (exact) mass is 610 g/mol. The number of hydrogen-bond acceptors (Lipinski definition) is 6. The van der Waals surface area contributed by atoms with Crippen LogP contribution in [-0.4, -0.2) is 38.8 Å². The second-order valence-electron chi connectivity index (χ2n) is 11.1. The van der Waals surface area contributed by atoms with Gasteiger partial charge in [-0.1, -0.05) is 37.3 Å². The van der Waals surface area contributed by atoms with Crippen molar-refractivity contribution in [2.24, 2.45) is 7.05 Å². The van der Waals surface area contributed by atoms with E-state index in [0.717, 1.165) is 24.8 Å². The molecule has 1 aliphatic rings. The summed E-state index contributed by atoms with van der Waals surface area (Å²) >= 11 is 0. The van der Waals surface area contributed by atoms with Crippen LogP contribution in [0.2, 0.25) is 0 Å². The summed E-state index contributed by atoms with van der Waals surface area (Å²) in [7, 11) is 1.75. The van der Waals surface area contributed by atoms with E-state index in [2.05, 4.69) is 10.4 Å². The molecule has 2 aromatic carbocycles. The summed E-state index contributed by atoms with van der Waals surface area (Å²) < 4.78 is 37.0. The van der Waals surface area contributed by atoms with Gasteiger partial charge in [0.2, 0.25) is 0 Å². The Labute approximate surface area is 260 Å². The van der Waals surface area contributed by atoms with Crippen LogP contribution in [0.25, 0.3) is 16.6 Å². The Kier molecular flexibility index (Phi) is 9.04. The van der Waals surface area contributed by atoms with Crippen LogP contribution >= 0.6 is 0 Å². The zero-order valence-electron chi connectivity index (χ0n) is 25.3. The molecule has 10 heteroatoms. The number of carbonyl (C=O) groups excluding carboxylic acids is 2. The number of anilines is 1. The Morgan fingerprint density at radius 2 is 1.91 bits per heavy atom. The molecular weight excluding hydrogens is 575 g/mol. The predicted octanol–water partition coefficient (Wildman–Crippen LogP) is 6.95. The Morgan fingerprint density at radius 3 is 2.64 bits per heavy atom. The first kappa shape index (κ1) is 30.2. The molecule has 9 nitrogen and oxygen atoms in total. The van der Waals surface area contributed by atoms with Crippen molar-refractivity contribution in [3.8, 4) is 16.9 Å². The summed E-state index contributed by atoms with van der Waals surface area (Å²) in [4.78, 5) is 26.7. The first-order valence-electron chi connectivity index (χ1n) is 15.1. The third-order valence-electron chi connectivity index (χ3n) is 7.81. The van der Waals surface area contributed by atoms with E-state index in [1.165, 1.54) is 0 Å². The van der Waals surface area contributed by atoms with Gasteiger partial charge in [-0.2, -0.15) is 5.10 Å². The van der Waals surface area contributed by atoms with Crippen LogP contribution in [0.5, 0.6) is 5.75 Å². The van der Waals surface area contributed by atoms with Crippen LogP contribution in [-0.2, 0) is 29.7 Å². The Hall–Kier alpha value is -4.80. The summed E-state index contributed by atoms with van der Waals surface area (Å²) in [6.07, 6.45) is 7.72. The first-order chi connectivity index (χ1) is 21.9. The molecule has 0 saturated carbocycles. The number of benzene rings is 2. The summed E-state index contributed by atoms with van der Waals surface area (Å²) in [6, 6.07) is 18.0. The van der Waals surface area contributed by atoms with E-state index in [0.29, 0.717) is 41.3 Å². The number of ketones is 1. The molecule has 0 spiro atoms. The number of hydrogen-bond donors (Lipinski definition) is 1. The number of nitrogens with one attached hydrogen (secondary N) is 1. The lowest BCUT2D eigenvalue weighted by Gasteiger charge is -2.23. The molecule has 0 aliphatic carbocycles. The largest absolute Gasteiger partial charge is 0.489 e. The Morgan fingerprint density at radius 1 is 1.07 bits per heavy atom. The standard InChI is InChI=1S/C35H35FN4O5/c1-3-32(41)31-18-28(30-17-26(12-13-40(30)31)44-21-23-9-5-4-6-10-23)35(42)38-29-16-24(22-45-33-11-7-8-14-43-33)15-27(34(29)36)25-19-37-39(2)20-25/h4-6,9-10,12-13,15-20,33H,3,7-8,11,14,21-22H2,1-2H3,(H,38,42). The number of Topliss-reactive ketones (excluding diaryl/α,β-unsaturated/α-hetero) is 1. The number of ether oxygens (including phenoxy) is 3. The van der Waals surface area contributed by atoms with Gasteiger partial charge < -0.3 is 23.9 Å². The number of aromatic nitrogens is 3. The van der Waals surface area contributed by atoms with Gasteiger partial charge in [0.25, 0.3) is 5.91 Å². The van der Waals surface area contributed by atoms with Crippen molar-refractivity contribution in [3.63, 3.8) is 0 Å². The zero-order valence-corrected chi connectivity index (χ0v) is 25.3. The maximum Gasteiger partial charge on any atom is 0.257 e.